The van der Waals surface area contributed by atoms with Crippen LogP contribution in [0.3, 0.4) is 0 Å². The summed E-state index contributed by atoms with van der Waals surface area (Å²) in [6.07, 6.45) is 0. The molecule has 0 amide bonds. The van der Waals surface area contributed by atoms with Crippen LogP contribution in [0.1, 0.15) is 0 Å². The fourth-order valence-corrected chi connectivity index (χ4v) is 0.415. The maximum atomic E-state index is 11.9. The topological polar surface area (TPSA) is 0 Å². The van der Waals surface area contributed by atoms with E-state index in [-0.39, 0.29) is 5.82 Å². The molecule has 0 aliphatic carbocycles. The van der Waals surface area contributed by atoms with Crippen molar-refractivity contribution in [3.05, 3.63) is 49.3 Å². The lowest BCUT2D eigenvalue weighted by molar-refractivity contribution is 0.628. The lowest BCUT2D eigenvalue weighted by atomic mass is 10.4. The summed E-state index contributed by atoms with van der Waals surface area (Å²) in [5.74, 6) is -0.178. The summed E-state index contributed by atoms with van der Waals surface area (Å²) in [5, 5.41) is 0. The molecule has 0 aliphatic rings. The van der Waals surface area contributed by atoms with E-state index in [1.54, 1.807) is 18.2 Å². The minimum absolute atomic E-state index is 0.178. The molecule has 1 rings (SSSR count). The molecule has 0 saturated carbocycles. The zero-order valence-electron chi connectivity index (χ0n) is 5.18. The Hall–Kier alpha value is -1.11. The zero-order chi connectivity index (χ0) is 7.11. The van der Waals surface area contributed by atoms with Crippen LogP contribution in [-0.2, 0) is 0 Å². The maximum Gasteiger partial charge on any atom is 0.123 e. The highest BCUT2D eigenvalue weighted by molar-refractivity contribution is 5.02. The minimum atomic E-state index is -0.178. The van der Waals surface area contributed by atoms with Gasteiger partial charge in [0.1, 0.15) is 5.82 Å². The third kappa shape index (κ3) is 3.47. The fraction of sp³-hybridized carbons (Fsp3) is 0. The van der Waals surface area contributed by atoms with Crippen LogP contribution in [0.2, 0.25) is 0 Å². The second kappa shape index (κ2) is 5.04. The van der Waals surface area contributed by atoms with Gasteiger partial charge in [-0.15, -0.1) is 13.2 Å². The largest absolute Gasteiger partial charge is 0.207 e. The van der Waals surface area contributed by atoms with Gasteiger partial charge in [0.25, 0.3) is 0 Å². The average Bonchev–Trinajstić information content (AvgIpc) is 1.94. The third-order valence-corrected chi connectivity index (χ3v) is 0.733. The minimum Gasteiger partial charge on any atom is -0.207 e. The van der Waals surface area contributed by atoms with Gasteiger partial charge in [-0.2, -0.15) is 0 Å². The van der Waals surface area contributed by atoms with Gasteiger partial charge in [-0.1, -0.05) is 18.2 Å². The molecular formula is C8H9F. The molecule has 0 heterocycles. The van der Waals surface area contributed by atoms with Crippen molar-refractivity contribution in [1.82, 2.24) is 0 Å². The summed E-state index contributed by atoms with van der Waals surface area (Å²) in [5.41, 5.74) is 0. The summed E-state index contributed by atoms with van der Waals surface area (Å²) in [6.45, 7) is 6.00. The number of hydrogen-bond acceptors (Lipinski definition) is 0. The summed E-state index contributed by atoms with van der Waals surface area (Å²) < 4.78 is 11.9. The Morgan fingerprint density at radius 2 is 1.44 bits per heavy atom. The molecule has 1 aromatic carbocycles. The van der Waals surface area contributed by atoms with Crippen LogP contribution in [-0.4, -0.2) is 0 Å². The van der Waals surface area contributed by atoms with E-state index < -0.39 is 0 Å². The molecule has 0 radical (unpaired) electrons. The van der Waals surface area contributed by atoms with Gasteiger partial charge in [-0.05, 0) is 12.1 Å². The fourth-order valence-electron chi connectivity index (χ4n) is 0.415. The van der Waals surface area contributed by atoms with Crippen molar-refractivity contribution in [3.63, 3.8) is 0 Å². The van der Waals surface area contributed by atoms with Gasteiger partial charge in [0.15, 0.2) is 0 Å². The van der Waals surface area contributed by atoms with Crippen LogP contribution in [0.15, 0.2) is 43.5 Å². The smallest absolute Gasteiger partial charge is 0.123 e. The maximum absolute atomic E-state index is 11.9. The Bertz CT molecular complexity index is 146. The first-order chi connectivity index (χ1) is 4.39. The van der Waals surface area contributed by atoms with Crippen molar-refractivity contribution in [1.29, 1.82) is 0 Å². The van der Waals surface area contributed by atoms with Gasteiger partial charge < -0.3 is 0 Å². The SMILES string of the molecule is C=C.Fc1ccccc1. The van der Waals surface area contributed by atoms with E-state index in [0.29, 0.717) is 0 Å². The average molecular weight is 124 g/mol. The van der Waals surface area contributed by atoms with E-state index in [1.165, 1.54) is 12.1 Å². The second-order valence-electron chi connectivity index (χ2n) is 1.30. The molecule has 9 heavy (non-hydrogen) atoms. The molecule has 1 heteroatoms. The zero-order valence-corrected chi connectivity index (χ0v) is 5.18. The highest BCUT2D eigenvalue weighted by atomic mass is 19.1. The van der Waals surface area contributed by atoms with Gasteiger partial charge in [0.05, 0.1) is 0 Å². The quantitative estimate of drug-likeness (QED) is 0.466. The highest BCUT2D eigenvalue weighted by Crippen LogP contribution is 1.91. The van der Waals surface area contributed by atoms with Gasteiger partial charge >= 0.3 is 0 Å². The molecule has 1 aromatic rings. The number of benzene rings is 1. The van der Waals surface area contributed by atoms with Crippen molar-refractivity contribution < 1.29 is 4.39 Å². The lowest BCUT2D eigenvalue weighted by Gasteiger charge is -1.78. The van der Waals surface area contributed by atoms with Crippen molar-refractivity contribution in [3.8, 4) is 0 Å². The van der Waals surface area contributed by atoms with Crippen LogP contribution >= 0.6 is 0 Å². The van der Waals surface area contributed by atoms with Crippen LogP contribution in [0.25, 0.3) is 0 Å². The Morgan fingerprint density at radius 1 is 1.00 bits per heavy atom. The van der Waals surface area contributed by atoms with E-state index in [0.717, 1.165) is 0 Å². The lowest BCUT2D eigenvalue weighted by Crippen LogP contribution is -1.63. The predicted octanol–water partition coefficient (Wildman–Crippen LogP) is 2.63. The Morgan fingerprint density at radius 3 is 1.67 bits per heavy atom. The number of rotatable bonds is 0. The molecular weight excluding hydrogens is 115 g/mol. The normalized spacial score (nSPS) is 7.22. The Kier molecular flexibility index (Phi) is 4.41. The van der Waals surface area contributed by atoms with Crippen molar-refractivity contribution in [2.45, 2.75) is 0 Å². The molecule has 0 spiro atoms. The monoisotopic (exact) mass is 124 g/mol. The summed E-state index contributed by atoms with van der Waals surface area (Å²) >= 11 is 0. The van der Waals surface area contributed by atoms with Crippen molar-refractivity contribution in [2.75, 3.05) is 0 Å². The first-order valence-electron chi connectivity index (χ1n) is 2.60. The molecule has 0 fully saturated rings. The van der Waals surface area contributed by atoms with E-state index in [1.807, 2.05) is 0 Å². The molecule has 0 atom stereocenters. The summed E-state index contributed by atoms with van der Waals surface area (Å²) in [4.78, 5) is 0. The van der Waals surface area contributed by atoms with Crippen LogP contribution < -0.4 is 0 Å². The van der Waals surface area contributed by atoms with E-state index in [4.69, 9.17) is 0 Å². The van der Waals surface area contributed by atoms with Crippen molar-refractivity contribution in [2.24, 2.45) is 0 Å². The van der Waals surface area contributed by atoms with Gasteiger partial charge in [-0.25, -0.2) is 4.39 Å². The van der Waals surface area contributed by atoms with Gasteiger partial charge in [-0.3, -0.25) is 0 Å². The van der Waals surface area contributed by atoms with E-state index in [2.05, 4.69) is 13.2 Å². The van der Waals surface area contributed by atoms with Gasteiger partial charge in [0.2, 0.25) is 0 Å². The van der Waals surface area contributed by atoms with Crippen LogP contribution in [0.4, 0.5) is 4.39 Å². The predicted molar refractivity (Wildman–Crippen MR) is 37.7 cm³/mol. The number of hydrogen-bond donors (Lipinski definition) is 0. The Balaban J connectivity index is 0.000000291. The number of halogens is 1. The summed E-state index contributed by atoms with van der Waals surface area (Å²) in [7, 11) is 0. The van der Waals surface area contributed by atoms with Crippen molar-refractivity contribution >= 4 is 0 Å². The highest BCUT2D eigenvalue weighted by Gasteiger charge is 1.77. The first kappa shape index (κ1) is 7.89. The first-order valence-corrected chi connectivity index (χ1v) is 2.60. The van der Waals surface area contributed by atoms with Crippen LogP contribution in [0.5, 0.6) is 0 Å². The molecule has 0 aliphatic heterocycles. The van der Waals surface area contributed by atoms with Crippen LogP contribution in [0, 0.1) is 5.82 Å². The molecule has 0 N–H and O–H groups in total. The standard InChI is InChI=1S/C6H5F.C2H4/c7-6-4-2-1-3-5-6;1-2/h1-5H;1-2H2. The molecule has 0 aromatic heterocycles. The molecule has 0 saturated heterocycles. The summed E-state index contributed by atoms with van der Waals surface area (Å²) in [6, 6.07) is 7.94. The van der Waals surface area contributed by atoms with E-state index in [9.17, 15) is 4.39 Å². The molecule has 0 unspecified atom stereocenters. The van der Waals surface area contributed by atoms with E-state index >= 15 is 0 Å². The molecule has 48 valence electrons. The second-order valence-corrected chi connectivity index (χ2v) is 1.30. The third-order valence-electron chi connectivity index (χ3n) is 0.733. The molecule has 0 nitrogen and oxygen atoms in total. The van der Waals surface area contributed by atoms with Gasteiger partial charge in [0, 0.05) is 0 Å². The Labute approximate surface area is 54.6 Å². The molecule has 0 bridgehead atoms.